The van der Waals surface area contributed by atoms with Crippen LogP contribution in [-0.2, 0) is 9.57 Å². The summed E-state index contributed by atoms with van der Waals surface area (Å²) in [6.07, 6.45) is 9.52. The number of carbonyl (C=O) groups excluding carboxylic acids is 1. The minimum Gasteiger partial charge on any atom is -0.394 e. The van der Waals surface area contributed by atoms with E-state index in [2.05, 4.69) is 31.3 Å². The van der Waals surface area contributed by atoms with Crippen LogP contribution in [0.25, 0.3) is 6.08 Å². The number of carbonyl (C=O) groups is 1. The maximum absolute atomic E-state index is 12.3. The van der Waals surface area contributed by atoms with Gasteiger partial charge in [0.05, 0.1) is 18.2 Å². The Hall–Kier alpha value is -2.85. The molecule has 4 rings (SSSR count). The number of piperazine rings is 1. The smallest absolute Gasteiger partial charge is 0.278 e. The summed E-state index contributed by atoms with van der Waals surface area (Å²) in [6, 6.07) is 10.0. The lowest BCUT2D eigenvalue weighted by Crippen LogP contribution is -2.51. The van der Waals surface area contributed by atoms with Gasteiger partial charge >= 0.3 is 0 Å². The molecule has 2 aliphatic rings. The fourth-order valence-corrected chi connectivity index (χ4v) is 3.92. The number of nitrogens with zero attached hydrogens (tertiary/aromatic N) is 4. The lowest BCUT2D eigenvalue weighted by molar-refractivity contribution is -0.186. The molecule has 0 aliphatic carbocycles. The van der Waals surface area contributed by atoms with Crippen LogP contribution in [0.4, 0.5) is 5.95 Å². The lowest BCUT2D eigenvalue weighted by atomic mass is 10.1. The van der Waals surface area contributed by atoms with Crippen molar-refractivity contribution in [3.8, 4) is 0 Å². The highest BCUT2D eigenvalue weighted by molar-refractivity contribution is 5.92. The van der Waals surface area contributed by atoms with Crippen molar-refractivity contribution in [1.29, 1.82) is 0 Å². The summed E-state index contributed by atoms with van der Waals surface area (Å²) >= 11 is 0. The van der Waals surface area contributed by atoms with Gasteiger partial charge in [-0.1, -0.05) is 42.5 Å². The molecule has 3 heterocycles. The van der Waals surface area contributed by atoms with Crippen LogP contribution in [0.2, 0.25) is 0 Å². The number of rotatable bonds is 8. The highest BCUT2D eigenvalue weighted by atomic mass is 16.8. The Kier molecular flexibility index (Phi) is 8.37. The summed E-state index contributed by atoms with van der Waals surface area (Å²) in [4.78, 5) is 30.7. The monoisotopic (exact) mass is 453 g/mol. The number of aliphatic hydroxyl groups excluding tert-OH is 1. The van der Waals surface area contributed by atoms with Crippen LogP contribution in [0.3, 0.4) is 0 Å². The Morgan fingerprint density at radius 1 is 1.18 bits per heavy atom. The van der Waals surface area contributed by atoms with Crippen molar-refractivity contribution >= 4 is 17.9 Å². The molecule has 1 aromatic heterocycles. The third-order valence-electron chi connectivity index (χ3n) is 5.88. The van der Waals surface area contributed by atoms with Gasteiger partial charge in [0.15, 0.2) is 6.29 Å². The molecule has 0 radical (unpaired) electrons. The predicted octanol–water partition coefficient (Wildman–Crippen LogP) is 1.86. The van der Waals surface area contributed by atoms with Gasteiger partial charge < -0.3 is 14.7 Å². The summed E-state index contributed by atoms with van der Waals surface area (Å²) in [6.45, 7) is 3.76. The number of nitrogens with one attached hydrogen (secondary N) is 1. The largest absolute Gasteiger partial charge is 0.394 e. The van der Waals surface area contributed by atoms with Crippen molar-refractivity contribution in [2.45, 2.75) is 31.6 Å². The summed E-state index contributed by atoms with van der Waals surface area (Å²) in [5.74, 6) is 0.194. The molecule has 0 saturated carbocycles. The second-order valence-corrected chi connectivity index (χ2v) is 8.16. The Balaban J connectivity index is 1.26. The molecule has 0 spiro atoms. The number of hydrogen-bond acceptors (Lipinski definition) is 8. The van der Waals surface area contributed by atoms with Gasteiger partial charge in [0.2, 0.25) is 5.95 Å². The van der Waals surface area contributed by atoms with Crippen molar-refractivity contribution in [2.75, 3.05) is 44.3 Å². The van der Waals surface area contributed by atoms with Crippen LogP contribution >= 0.6 is 0 Å². The standard InChI is InChI=1S/C24H31N5O4/c30-18-21(10-9-19-6-2-1-3-7-19)28-11-13-29(14-12-28)24-25-16-20(17-26-24)23(31)27-33-22-8-4-5-15-32-22/h1-3,6-7,9-10,16-17,21-22,30H,4-5,8,11-15,18H2,(H,27,31). The van der Waals surface area contributed by atoms with Crippen LogP contribution in [0.5, 0.6) is 0 Å². The van der Waals surface area contributed by atoms with Crippen molar-refractivity contribution < 1.29 is 19.5 Å². The van der Waals surface area contributed by atoms with Crippen molar-refractivity contribution in [3.05, 3.63) is 59.9 Å². The third-order valence-corrected chi connectivity index (χ3v) is 5.88. The van der Waals surface area contributed by atoms with Gasteiger partial charge in [-0.2, -0.15) is 0 Å². The first-order valence-electron chi connectivity index (χ1n) is 11.5. The molecule has 2 N–H and O–H groups in total. The minimum atomic E-state index is -0.399. The second kappa shape index (κ2) is 11.9. The summed E-state index contributed by atoms with van der Waals surface area (Å²) in [5.41, 5.74) is 3.87. The van der Waals surface area contributed by atoms with Gasteiger partial charge in [-0.05, 0) is 18.4 Å². The molecule has 9 heteroatoms. The fraction of sp³-hybridized carbons (Fsp3) is 0.458. The van der Waals surface area contributed by atoms with Gasteiger partial charge in [-0.3, -0.25) is 9.69 Å². The number of aromatic nitrogens is 2. The lowest BCUT2D eigenvalue weighted by Gasteiger charge is -2.37. The van der Waals surface area contributed by atoms with Crippen LogP contribution in [0.15, 0.2) is 48.8 Å². The SMILES string of the molecule is O=C(NOC1CCCCO1)c1cnc(N2CCN(C(C=Cc3ccccc3)CO)CC2)nc1. The number of benzene rings is 1. The summed E-state index contributed by atoms with van der Waals surface area (Å²) in [5, 5.41) is 9.86. The molecule has 9 nitrogen and oxygen atoms in total. The van der Waals surface area contributed by atoms with Crippen LogP contribution in [0, 0.1) is 0 Å². The van der Waals surface area contributed by atoms with Crippen molar-refractivity contribution in [2.24, 2.45) is 0 Å². The minimum absolute atomic E-state index is 0.0347. The van der Waals surface area contributed by atoms with Crippen LogP contribution in [0.1, 0.15) is 35.2 Å². The molecule has 1 aromatic carbocycles. The van der Waals surface area contributed by atoms with Crippen LogP contribution < -0.4 is 10.4 Å². The van der Waals surface area contributed by atoms with E-state index in [-0.39, 0.29) is 12.6 Å². The number of ether oxygens (including phenoxy) is 1. The normalized spacial score (nSPS) is 20.6. The van der Waals surface area contributed by atoms with Gasteiger partial charge in [0.1, 0.15) is 0 Å². The molecular weight excluding hydrogens is 422 g/mol. The first-order valence-corrected chi connectivity index (χ1v) is 11.5. The second-order valence-electron chi connectivity index (χ2n) is 8.16. The van der Waals surface area contributed by atoms with E-state index in [1.54, 1.807) is 0 Å². The van der Waals surface area contributed by atoms with Gasteiger partial charge in [-0.15, -0.1) is 0 Å². The van der Waals surface area contributed by atoms with Crippen LogP contribution in [-0.4, -0.2) is 77.6 Å². The third kappa shape index (κ3) is 6.58. The van der Waals surface area contributed by atoms with E-state index in [1.807, 2.05) is 36.4 Å². The topological polar surface area (TPSA) is 100 Å². The summed E-state index contributed by atoms with van der Waals surface area (Å²) in [7, 11) is 0. The van der Waals surface area contributed by atoms with E-state index in [9.17, 15) is 9.90 Å². The summed E-state index contributed by atoms with van der Waals surface area (Å²) < 4.78 is 5.44. The Labute approximate surface area is 194 Å². The molecule has 2 aliphatic heterocycles. The average molecular weight is 454 g/mol. The van der Waals surface area contributed by atoms with Crippen molar-refractivity contribution in [1.82, 2.24) is 20.3 Å². The fourth-order valence-electron chi connectivity index (χ4n) is 3.92. The van der Waals surface area contributed by atoms with Gasteiger partial charge in [-0.25, -0.2) is 20.3 Å². The van der Waals surface area contributed by atoms with Crippen molar-refractivity contribution in [3.63, 3.8) is 0 Å². The molecule has 2 saturated heterocycles. The first-order chi connectivity index (χ1) is 16.2. The van der Waals surface area contributed by atoms with E-state index in [0.717, 1.165) is 51.0 Å². The molecule has 1 amide bonds. The Morgan fingerprint density at radius 2 is 1.94 bits per heavy atom. The number of anilines is 1. The molecule has 2 atom stereocenters. The zero-order valence-corrected chi connectivity index (χ0v) is 18.7. The van der Waals surface area contributed by atoms with E-state index in [1.165, 1.54) is 12.4 Å². The maximum Gasteiger partial charge on any atom is 0.278 e. The van der Waals surface area contributed by atoms with E-state index in [0.29, 0.717) is 18.1 Å². The number of hydrogen-bond donors (Lipinski definition) is 2. The van der Waals surface area contributed by atoms with Gasteiger partial charge in [0, 0.05) is 51.6 Å². The zero-order chi connectivity index (χ0) is 22.9. The first kappa shape index (κ1) is 23.3. The van der Waals surface area contributed by atoms with E-state index < -0.39 is 12.2 Å². The Bertz CT molecular complexity index is 895. The highest BCUT2D eigenvalue weighted by Gasteiger charge is 2.23. The molecule has 0 bridgehead atoms. The van der Waals surface area contributed by atoms with Gasteiger partial charge in [0.25, 0.3) is 5.91 Å². The Morgan fingerprint density at radius 3 is 2.61 bits per heavy atom. The zero-order valence-electron chi connectivity index (χ0n) is 18.7. The predicted molar refractivity (Wildman–Crippen MR) is 124 cm³/mol. The number of aliphatic hydroxyl groups is 1. The average Bonchev–Trinajstić information content (AvgIpc) is 2.89. The number of hydroxylamine groups is 1. The molecule has 33 heavy (non-hydrogen) atoms. The highest BCUT2D eigenvalue weighted by Crippen LogP contribution is 2.15. The number of amides is 1. The molecule has 176 valence electrons. The molecule has 2 fully saturated rings. The molecular formula is C24H31N5O4. The van der Waals surface area contributed by atoms with E-state index >= 15 is 0 Å². The molecule has 2 unspecified atom stereocenters. The maximum atomic E-state index is 12.3. The van der Waals surface area contributed by atoms with E-state index in [4.69, 9.17) is 9.57 Å². The molecule has 2 aromatic rings. The quantitative estimate of drug-likeness (QED) is 0.585.